The minimum atomic E-state index is -0.542. The van der Waals surface area contributed by atoms with Crippen molar-refractivity contribution in [3.63, 3.8) is 0 Å². The van der Waals surface area contributed by atoms with Crippen LogP contribution in [0.1, 0.15) is 17.5 Å². The first-order chi connectivity index (χ1) is 13.9. The van der Waals surface area contributed by atoms with E-state index in [4.69, 9.17) is 16.3 Å². The number of amides is 2. The zero-order valence-corrected chi connectivity index (χ0v) is 16.9. The maximum Gasteiger partial charge on any atom is 0.311 e. The van der Waals surface area contributed by atoms with E-state index in [1.807, 2.05) is 37.3 Å². The summed E-state index contributed by atoms with van der Waals surface area (Å²) in [4.78, 5) is 38.1. The highest BCUT2D eigenvalue weighted by Gasteiger charge is 2.35. The zero-order chi connectivity index (χ0) is 20.8. The van der Waals surface area contributed by atoms with Gasteiger partial charge in [0.15, 0.2) is 6.61 Å². The van der Waals surface area contributed by atoms with E-state index in [0.29, 0.717) is 23.8 Å². The number of nitrogens with one attached hydrogen (secondary N) is 1. The maximum atomic E-state index is 12.3. The van der Waals surface area contributed by atoms with Crippen molar-refractivity contribution in [2.24, 2.45) is 5.92 Å². The summed E-state index contributed by atoms with van der Waals surface area (Å²) in [5.41, 5.74) is 2.57. The van der Waals surface area contributed by atoms with E-state index in [-0.39, 0.29) is 12.3 Å². The second-order valence-electron chi connectivity index (χ2n) is 7.10. The highest BCUT2D eigenvalue weighted by molar-refractivity contribution is 6.31. The summed E-state index contributed by atoms with van der Waals surface area (Å²) in [6.45, 7) is 2.34. The van der Waals surface area contributed by atoms with Gasteiger partial charge in [-0.15, -0.1) is 0 Å². The third kappa shape index (κ3) is 5.81. The second-order valence-corrected chi connectivity index (χ2v) is 7.50. The Morgan fingerprint density at radius 2 is 1.97 bits per heavy atom. The first-order valence-electron chi connectivity index (χ1n) is 9.46. The van der Waals surface area contributed by atoms with Crippen molar-refractivity contribution >= 4 is 35.1 Å². The maximum absolute atomic E-state index is 12.3. The molecular formula is C22H23ClN2O4. The third-order valence-electron chi connectivity index (χ3n) is 4.86. The van der Waals surface area contributed by atoms with Gasteiger partial charge in [-0.2, -0.15) is 0 Å². The predicted octanol–water partition coefficient (Wildman–Crippen LogP) is 3.22. The van der Waals surface area contributed by atoms with Crippen molar-refractivity contribution in [1.82, 2.24) is 4.90 Å². The van der Waals surface area contributed by atoms with Gasteiger partial charge in [0.25, 0.3) is 5.91 Å². The fraction of sp³-hybridized carbons (Fsp3) is 0.318. The summed E-state index contributed by atoms with van der Waals surface area (Å²) in [6.07, 6.45) is 0.846. The molecule has 2 amide bonds. The molecule has 152 valence electrons. The number of rotatable bonds is 7. The van der Waals surface area contributed by atoms with Crippen LogP contribution in [0.5, 0.6) is 0 Å². The summed E-state index contributed by atoms with van der Waals surface area (Å²) in [5.74, 6) is -1.59. The van der Waals surface area contributed by atoms with Gasteiger partial charge in [-0.1, -0.05) is 48.0 Å². The number of aryl methyl sites for hydroxylation is 1. The molecule has 29 heavy (non-hydrogen) atoms. The number of hydrogen-bond donors (Lipinski definition) is 1. The van der Waals surface area contributed by atoms with E-state index in [1.165, 1.54) is 0 Å². The van der Waals surface area contributed by atoms with Gasteiger partial charge in [-0.3, -0.25) is 14.4 Å². The average molecular weight is 415 g/mol. The van der Waals surface area contributed by atoms with Crippen LogP contribution in [0.2, 0.25) is 5.02 Å². The molecule has 2 aromatic rings. The van der Waals surface area contributed by atoms with Crippen LogP contribution in [-0.4, -0.2) is 42.4 Å². The summed E-state index contributed by atoms with van der Waals surface area (Å²) in [5, 5.41) is 3.18. The van der Waals surface area contributed by atoms with Crippen LogP contribution in [0.15, 0.2) is 48.5 Å². The van der Waals surface area contributed by atoms with E-state index in [0.717, 1.165) is 17.5 Å². The highest BCUT2D eigenvalue weighted by Crippen LogP contribution is 2.21. The number of benzene rings is 2. The minimum Gasteiger partial charge on any atom is -0.455 e. The molecule has 0 aromatic heterocycles. The first kappa shape index (κ1) is 20.9. The number of halogens is 1. The Morgan fingerprint density at radius 1 is 1.21 bits per heavy atom. The van der Waals surface area contributed by atoms with Crippen molar-refractivity contribution < 1.29 is 19.1 Å². The van der Waals surface area contributed by atoms with Gasteiger partial charge >= 0.3 is 5.97 Å². The molecule has 1 aliphatic rings. The number of anilines is 1. The molecule has 1 N–H and O–H groups in total. The summed E-state index contributed by atoms with van der Waals surface area (Å²) >= 11 is 6.03. The van der Waals surface area contributed by atoms with Gasteiger partial charge < -0.3 is 15.0 Å². The Morgan fingerprint density at radius 3 is 2.69 bits per heavy atom. The number of carbonyl (C=O) groups is 3. The molecule has 0 aliphatic carbocycles. The van der Waals surface area contributed by atoms with E-state index >= 15 is 0 Å². The fourth-order valence-electron chi connectivity index (χ4n) is 3.18. The van der Waals surface area contributed by atoms with Crippen LogP contribution in [0.3, 0.4) is 0 Å². The summed E-state index contributed by atoms with van der Waals surface area (Å²) < 4.78 is 5.11. The second kappa shape index (κ2) is 9.56. The van der Waals surface area contributed by atoms with Crippen LogP contribution in [0, 0.1) is 12.8 Å². The van der Waals surface area contributed by atoms with E-state index < -0.39 is 24.4 Å². The lowest BCUT2D eigenvalue weighted by atomic mass is 10.1. The van der Waals surface area contributed by atoms with Crippen LogP contribution in [0.4, 0.5) is 5.69 Å². The standard InChI is InChI=1S/C22H23ClN2O4/c1-15-7-8-18(12-19(15)23)24-20(26)14-29-22(28)17-11-21(27)25(13-17)10-9-16-5-3-2-4-6-16/h2-8,12,17H,9-11,13-14H2,1H3,(H,24,26). The van der Waals surface area contributed by atoms with Crippen molar-refractivity contribution in [3.05, 3.63) is 64.7 Å². The number of hydrogen-bond acceptors (Lipinski definition) is 4. The number of carbonyl (C=O) groups excluding carboxylic acids is 3. The molecule has 6 nitrogen and oxygen atoms in total. The Hall–Kier alpha value is -2.86. The largest absolute Gasteiger partial charge is 0.455 e. The summed E-state index contributed by atoms with van der Waals surface area (Å²) in [7, 11) is 0. The molecule has 2 aromatic carbocycles. The number of esters is 1. The molecule has 7 heteroatoms. The van der Waals surface area contributed by atoms with Crippen molar-refractivity contribution in [2.45, 2.75) is 19.8 Å². The molecule has 1 atom stereocenters. The van der Waals surface area contributed by atoms with Crippen LogP contribution in [0.25, 0.3) is 0 Å². The number of nitrogens with zero attached hydrogens (tertiary/aromatic N) is 1. The molecule has 0 bridgehead atoms. The average Bonchev–Trinajstić information content (AvgIpc) is 3.09. The quantitative estimate of drug-likeness (QED) is 0.706. The molecule has 0 radical (unpaired) electrons. The van der Waals surface area contributed by atoms with Crippen LogP contribution in [-0.2, 0) is 25.5 Å². The molecule has 1 saturated heterocycles. The molecule has 1 unspecified atom stereocenters. The van der Waals surface area contributed by atoms with Gasteiger partial charge in [-0.05, 0) is 36.6 Å². The molecule has 0 spiro atoms. The van der Waals surface area contributed by atoms with Crippen LogP contribution >= 0.6 is 11.6 Å². The van der Waals surface area contributed by atoms with E-state index in [2.05, 4.69) is 5.32 Å². The molecule has 3 rings (SSSR count). The lowest BCUT2D eigenvalue weighted by molar-refractivity contribution is -0.151. The van der Waals surface area contributed by atoms with Crippen molar-refractivity contribution in [1.29, 1.82) is 0 Å². The molecule has 1 aliphatic heterocycles. The van der Waals surface area contributed by atoms with Crippen molar-refractivity contribution in [3.8, 4) is 0 Å². The molecule has 1 heterocycles. The fourth-order valence-corrected chi connectivity index (χ4v) is 3.36. The Kier molecular flexibility index (Phi) is 6.88. The monoisotopic (exact) mass is 414 g/mol. The number of ether oxygens (including phenoxy) is 1. The van der Waals surface area contributed by atoms with Crippen molar-refractivity contribution in [2.75, 3.05) is 25.0 Å². The summed E-state index contributed by atoms with van der Waals surface area (Å²) in [6, 6.07) is 15.0. The predicted molar refractivity (Wildman–Crippen MR) is 111 cm³/mol. The van der Waals surface area contributed by atoms with Gasteiger partial charge in [0, 0.05) is 30.2 Å². The van der Waals surface area contributed by atoms with Crippen LogP contribution < -0.4 is 5.32 Å². The van der Waals surface area contributed by atoms with Gasteiger partial charge in [0.1, 0.15) is 0 Å². The minimum absolute atomic E-state index is 0.0679. The van der Waals surface area contributed by atoms with E-state index in [9.17, 15) is 14.4 Å². The SMILES string of the molecule is Cc1ccc(NC(=O)COC(=O)C2CC(=O)N(CCc3ccccc3)C2)cc1Cl. The normalized spacial score (nSPS) is 16.0. The lowest BCUT2D eigenvalue weighted by Gasteiger charge is -2.16. The van der Waals surface area contributed by atoms with E-state index in [1.54, 1.807) is 23.1 Å². The van der Waals surface area contributed by atoms with Gasteiger partial charge in [0.05, 0.1) is 5.92 Å². The molecule has 1 fully saturated rings. The molecule has 0 saturated carbocycles. The molecular weight excluding hydrogens is 392 g/mol. The number of likely N-dealkylation sites (tertiary alicyclic amines) is 1. The topological polar surface area (TPSA) is 75.7 Å². The highest BCUT2D eigenvalue weighted by atomic mass is 35.5. The lowest BCUT2D eigenvalue weighted by Crippen LogP contribution is -2.29. The third-order valence-corrected chi connectivity index (χ3v) is 5.27. The Bertz CT molecular complexity index is 901. The Labute approximate surface area is 174 Å². The first-order valence-corrected chi connectivity index (χ1v) is 9.84. The van der Waals surface area contributed by atoms with Gasteiger partial charge in [-0.25, -0.2) is 0 Å². The zero-order valence-electron chi connectivity index (χ0n) is 16.2. The smallest absolute Gasteiger partial charge is 0.311 e. The Balaban J connectivity index is 1.43. The van der Waals surface area contributed by atoms with Gasteiger partial charge in [0.2, 0.25) is 5.91 Å².